The van der Waals surface area contributed by atoms with E-state index in [2.05, 4.69) is 5.32 Å². The number of carbonyl (C=O) groups is 3. The Morgan fingerprint density at radius 1 is 1.21 bits per heavy atom. The third kappa shape index (κ3) is 8.21. The molecule has 3 rings (SSSR count). The molecule has 0 saturated carbocycles. The Morgan fingerprint density at radius 3 is 2.35 bits per heavy atom. The summed E-state index contributed by atoms with van der Waals surface area (Å²) < 4.78 is 59.2. The van der Waals surface area contributed by atoms with E-state index in [1.807, 2.05) is 0 Å². The summed E-state index contributed by atoms with van der Waals surface area (Å²) >= 11 is 1.15. The number of rotatable bonds is 8. The highest BCUT2D eigenvalue weighted by atomic mass is 32.2. The second-order valence-corrected chi connectivity index (χ2v) is 10.7. The zero-order chi connectivity index (χ0) is 25.4. The molecule has 2 saturated heterocycles. The van der Waals surface area contributed by atoms with Crippen LogP contribution in [0, 0.1) is 0 Å². The second-order valence-electron chi connectivity index (χ2n) is 7.54. The van der Waals surface area contributed by atoms with Gasteiger partial charge in [0.25, 0.3) is 10.0 Å². The number of thiophene rings is 1. The van der Waals surface area contributed by atoms with Crippen LogP contribution in [0.2, 0.25) is 0 Å². The summed E-state index contributed by atoms with van der Waals surface area (Å²) in [5.41, 5.74) is 0. The maximum atomic E-state index is 13.0. The second kappa shape index (κ2) is 12.5. The SMILES string of the molecule is O=C(O)C(F)(F)F.O=C1CCCN1CCCN(CC(=O)N1CCNCC1)S(=O)(=O)c1cccs1. The average Bonchev–Trinajstić information content (AvgIpc) is 3.46. The van der Waals surface area contributed by atoms with Gasteiger partial charge in [-0.3, -0.25) is 9.59 Å². The van der Waals surface area contributed by atoms with Crippen LogP contribution >= 0.6 is 11.3 Å². The summed E-state index contributed by atoms with van der Waals surface area (Å²) in [5, 5.41) is 12.0. The molecule has 0 spiro atoms. The minimum absolute atomic E-state index is 0.125. The van der Waals surface area contributed by atoms with Gasteiger partial charge in [0, 0.05) is 52.2 Å². The van der Waals surface area contributed by atoms with E-state index in [1.54, 1.807) is 27.3 Å². The van der Waals surface area contributed by atoms with Gasteiger partial charge in [-0.1, -0.05) is 6.07 Å². The number of carboxylic acid groups (broad SMARTS) is 1. The molecule has 1 aromatic rings. The largest absolute Gasteiger partial charge is 0.490 e. The molecule has 3 heterocycles. The highest BCUT2D eigenvalue weighted by molar-refractivity contribution is 7.91. The number of likely N-dealkylation sites (tertiary alicyclic amines) is 1. The van der Waals surface area contributed by atoms with Gasteiger partial charge in [0.15, 0.2) is 0 Å². The molecule has 2 fully saturated rings. The molecule has 2 amide bonds. The van der Waals surface area contributed by atoms with Crippen LogP contribution in [0.25, 0.3) is 0 Å². The van der Waals surface area contributed by atoms with Crippen LogP contribution in [0.4, 0.5) is 13.2 Å². The number of amides is 2. The summed E-state index contributed by atoms with van der Waals surface area (Å²) in [6.45, 7) is 3.95. The number of piperazine rings is 1. The molecule has 34 heavy (non-hydrogen) atoms. The van der Waals surface area contributed by atoms with Crippen molar-refractivity contribution in [3.8, 4) is 0 Å². The molecule has 0 aromatic carbocycles. The fraction of sp³-hybridized carbons (Fsp3) is 0.632. The summed E-state index contributed by atoms with van der Waals surface area (Å²) in [7, 11) is -3.72. The Hall–Kier alpha value is -2.23. The van der Waals surface area contributed by atoms with Crippen LogP contribution in [0.5, 0.6) is 0 Å². The molecule has 0 radical (unpaired) electrons. The molecule has 0 bridgehead atoms. The average molecular weight is 529 g/mol. The van der Waals surface area contributed by atoms with Crippen molar-refractivity contribution in [2.45, 2.75) is 29.6 Å². The van der Waals surface area contributed by atoms with E-state index in [4.69, 9.17) is 9.90 Å². The number of alkyl halides is 3. The fourth-order valence-corrected chi connectivity index (χ4v) is 5.94. The van der Waals surface area contributed by atoms with Crippen molar-refractivity contribution in [1.29, 1.82) is 0 Å². The standard InChI is InChI=1S/C17H26N4O4S2.C2HF3O2/c22-15-4-1-8-19(15)9-3-10-21(27(24,25)17-5-2-13-26-17)14-16(23)20-11-6-18-7-12-20;3-2(4,5)1(6)7/h2,5,13,18H,1,3-4,6-12,14H2;(H,6,7). The molecule has 192 valence electrons. The minimum Gasteiger partial charge on any atom is -0.475 e. The van der Waals surface area contributed by atoms with E-state index in [1.165, 1.54) is 4.31 Å². The summed E-state index contributed by atoms with van der Waals surface area (Å²) in [4.78, 5) is 36.7. The van der Waals surface area contributed by atoms with Gasteiger partial charge in [-0.15, -0.1) is 11.3 Å². The molecule has 10 nitrogen and oxygen atoms in total. The first kappa shape index (κ1) is 28.0. The van der Waals surface area contributed by atoms with Gasteiger partial charge >= 0.3 is 12.1 Å². The number of sulfonamides is 1. The predicted molar refractivity (Wildman–Crippen MR) is 117 cm³/mol. The van der Waals surface area contributed by atoms with Crippen molar-refractivity contribution in [3.05, 3.63) is 17.5 Å². The fourth-order valence-electron chi connectivity index (χ4n) is 3.37. The zero-order valence-corrected chi connectivity index (χ0v) is 19.9. The van der Waals surface area contributed by atoms with Crippen LogP contribution in [-0.2, 0) is 24.4 Å². The third-order valence-electron chi connectivity index (χ3n) is 5.12. The van der Waals surface area contributed by atoms with Gasteiger partial charge in [0.1, 0.15) is 4.21 Å². The van der Waals surface area contributed by atoms with Crippen LogP contribution in [-0.4, -0.2) is 104 Å². The van der Waals surface area contributed by atoms with E-state index in [-0.39, 0.29) is 29.1 Å². The van der Waals surface area contributed by atoms with Gasteiger partial charge in [0.2, 0.25) is 11.8 Å². The first-order chi connectivity index (χ1) is 15.9. The zero-order valence-electron chi connectivity index (χ0n) is 18.3. The van der Waals surface area contributed by atoms with Crippen molar-refractivity contribution in [2.75, 3.05) is 52.4 Å². The number of hydrogen-bond donors (Lipinski definition) is 2. The normalized spacial score (nSPS) is 17.0. The van der Waals surface area contributed by atoms with Crippen molar-refractivity contribution in [1.82, 2.24) is 19.4 Å². The predicted octanol–water partition coefficient (Wildman–Crippen LogP) is 0.816. The van der Waals surface area contributed by atoms with E-state index < -0.39 is 22.2 Å². The molecule has 2 N–H and O–H groups in total. The number of carboxylic acids is 1. The molecule has 2 aliphatic rings. The Balaban J connectivity index is 0.000000509. The lowest BCUT2D eigenvalue weighted by molar-refractivity contribution is -0.192. The van der Waals surface area contributed by atoms with Crippen molar-refractivity contribution < 1.29 is 41.1 Å². The van der Waals surface area contributed by atoms with E-state index in [9.17, 15) is 31.2 Å². The molecule has 0 aliphatic carbocycles. The number of nitrogens with one attached hydrogen (secondary N) is 1. The van der Waals surface area contributed by atoms with Crippen molar-refractivity contribution in [3.63, 3.8) is 0 Å². The number of aliphatic carboxylic acids is 1. The third-order valence-corrected chi connectivity index (χ3v) is 8.34. The van der Waals surface area contributed by atoms with Crippen molar-refractivity contribution >= 4 is 39.1 Å². The molecular weight excluding hydrogens is 501 g/mol. The first-order valence-corrected chi connectivity index (χ1v) is 12.8. The van der Waals surface area contributed by atoms with Crippen LogP contribution in [0.3, 0.4) is 0 Å². The first-order valence-electron chi connectivity index (χ1n) is 10.5. The monoisotopic (exact) mass is 528 g/mol. The highest BCUT2D eigenvalue weighted by Gasteiger charge is 2.38. The van der Waals surface area contributed by atoms with E-state index in [0.717, 1.165) is 37.4 Å². The summed E-state index contributed by atoms with van der Waals surface area (Å²) in [6.07, 6.45) is -3.14. The molecule has 15 heteroatoms. The van der Waals surface area contributed by atoms with E-state index >= 15 is 0 Å². The smallest absolute Gasteiger partial charge is 0.475 e. The van der Waals surface area contributed by atoms with Crippen molar-refractivity contribution in [2.24, 2.45) is 0 Å². The molecule has 2 aliphatic heterocycles. The molecule has 0 unspecified atom stereocenters. The number of hydrogen-bond acceptors (Lipinski definition) is 7. The van der Waals surface area contributed by atoms with Gasteiger partial charge in [-0.2, -0.15) is 17.5 Å². The lowest BCUT2D eigenvalue weighted by atomic mass is 10.3. The van der Waals surface area contributed by atoms with Gasteiger partial charge < -0.3 is 20.2 Å². The quantitative estimate of drug-likeness (QED) is 0.511. The van der Waals surface area contributed by atoms with Gasteiger partial charge in [-0.05, 0) is 24.3 Å². The van der Waals surface area contributed by atoms with Crippen LogP contribution in [0.1, 0.15) is 19.3 Å². The molecule has 0 atom stereocenters. The topological polar surface area (TPSA) is 127 Å². The lowest BCUT2D eigenvalue weighted by Crippen LogP contribution is -2.50. The van der Waals surface area contributed by atoms with Gasteiger partial charge in [-0.25, -0.2) is 13.2 Å². The van der Waals surface area contributed by atoms with Crippen LogP contribution < -0.4 is 5.32 Å². The lowest BCUT2D eigenvalue weighted by Gasteiger charge is -2.30. The Kier molecular flexibility index (Phi) is 10.3. The molecule has 1 aromatic heterocycles. The maximum Gasteiger partial charge on any atom is 0.490 e. The number of carbonyl (C=O) groups excluding carboxylic acids is 2. The highest BCUT2D eigenvalue weighted by Crippen LogP contribution is 2.22. The minimum atomic E-state index is -5.08. The Morgan fingerprint density at radius 2 is 1.85 bits per heavy atom. The maximum absolute atomic E-state index is 13.0. The summed E-state index contributed by atoms with van der Waals surface area (Å²) in [6, 6.07) is 3.25. The summed E-state index contributed by atoms with van der Waals surface area (Å²) in [5.74, 6) is -2.80. The number of halogens is 3. The molecular formula is C19H27F3N4O6S2. The Labute approximate surface area is 199 Å². The Bertz CT molecular complexity index is 934. The van der Waals surface area contributed by atoms with E-state index in [0.29, 0.717) is 32.5 Å². The van der Waals surface area contributed by atoms with Gasteiger partial charge in [0.05, 0.1) is 6.54 Å². The number of nitrogens with zero attached hydrogens (tertiary/aromatic N) is 3. The van der Waals surface area contributed by atoms with Crippen LogP contribution in [0.15, 0.2) is 21.7 Å².